The van der Waals surface area contributed by atoms with Crippen LogP contribution in [0.3, 0.4) is 0 Å². The van der Waals surface area contributed by atoms with Crippen LogP contribution in [-0.2, 0) is 13.0 Å². The second-order valence-corrected chi connectivity index (χ2v) is 7.51. The molecule has 5 nitrogen and oxygen atoms in total. The minimum Gasteiger partial charge on any atom is -0.493 e. The molecule has 130 valence electrons. The van der Waals surface area contributed by atoms with E-state index in [0.717, 1.165) is 41.7 Å². The molecule has 3 heterocycles. The zero-order valence-electron chi connectivity index (χ0n) is 14.9. The van der Waals surface area contributed by atoms with Crippen LogP contribution in [0.5, 0.6) is 11.5 Å². The lowest BCUT2D eigenvalue weighted by Crippen LogP contribution is -2.31. The van der Waals surface area contributed by atoms with Crippen LogP contribution in [0.25, 0.3) is 10.2 Å². The first-order chi connectivity index (χ1) is 12.1. The molecule has 25 heavy (non-hydrogen) atoms. The van der Waals surface area contributed by atoms with Crippen LogP contribution in [0, 0.1) is 13.8 Å². The summed E-state index contributed by atoms with van der Waals surface area (Å²) in [4.78, 5) is 13.8. The van der Waals surface area contributed by atoms with Crippen LogP contribution in [-0.4, -0.2) is 30.7 Å². The van der Waals surface area contributed by atoms with Gasteiger partial charge < -0.3 is 14.4 Å². The van der Waals surface area contributed by atoms with Crippen LogP contribution < -0.4 is 14.4 Å². The Hall–Kier alpha value is -2.34. The quantitative estimate of drug-likeness (QED) is 0.713. The third-order valence-electron chi connectivity index (χ3n) is 4.96. The summed E-state index contributed by atoms with van der Waals surface area (Å²) in [6.45, 7) is 6.06. The largest absolute Gasteiger partial charge is 0.493 e. The number of fused-ring (bicyclic) bond motifs is 2. The van der Waals surface area contributed by atoms with E-state index in [1.165, 1.54) is 27.0 Å². The summed E-state index contributed by atoms with van der Waals surface area (Å²) in [6, 6.07) is 4.19. The van der Waals surface area contributed by atoms with Crippen LogP contribution in [0.4, 0.5) is 5.82 Å². The molecule has 0 aliphatic carbocycles. The molecule has 1 aromatic carbocycles. The summed E-state index contributed by atoms with van der Waals surface area (Å²) in [5.74, 6) is 2.61. The molecule has 0 radical (unpaired) electrons. The van der Waals surface area contributed by atoms with Gasteiger partial charge in [0.25, 0.3) is 0 Å². The summed E-state index contributed by atoms with van der Waals surface area (Å²) in [5.41, 5.74) is 3.87. The first-order valence-corrected chi connectivity index (χ1v) is 9.13. The molecule has 0 spiro atoms. The first-order valence-electron chi connectivity index (χ1n) is 8.31. The van der Waals surface area contributed by atoms with Gasteiger partial charge in [-0.1, -0.05) is 0 Å². The van der Waals surface area contributed by atoms with E-state index in [-0.39, 0.29) is 0 Å². The van der Waals surface area contributed by atoms with Crippen molar-refractivity contribution in [2.75, 3.05) is 25.7 Å². The number of hydrogen-bond acceptors (Lipinski definition) is 6. The SMILES string of the molecule is COc1cc2c(cc1OC)CN(c1ncnc3sc(C)c(C)c13)CC2. The molecule has 0 amide bonds. The van der Waals surface area contributed by atoms with Gasteiger partial charge in [-0.2, -0.15) is 0 Å². The van der Waals surface area contributed by atoms with Gasteiger partial charge in [0.2, 0.25) is 0 Å². The van der Waals surface area contributed by atoms with Gasteiger partial charge >= 0.3 is 0 Å². The maximum Gasteiger partial charge on any atom is 0.161 e. The van der Waals surface area contributed by atoms with E-state index in [2.05, 4.69) is 40.8 Å². The van der Waals surface area contributed by atoms with Crippen molar-refractivity contribution in [3.05, 3.63) is 40.0 Å². The molecule has 0 fully saturated rings. The molecule has 1 aliphatic heterocycles. The van der Waals surface area contributed by atoms with Crippen molar-refractivity contribution in [1.82, 2.24) is 9.97 Å². The second kappa shape index (κ2) is 6.19. The minimum absolute atomic E-state index is 0.776. The predicted octanol–water partition coefficient (Wildman–Crippen LogP) is 3.89. The number of benzene rings is 1. The van der Waals surface area contributed by atoms with Gasteiger partial charge in [0.05, 0.1) is 19.6 Å². The minimum atomic E-state index is 0.776. The maximum atomic E-state index is 5.47. The fourth-order valence-corrected chi connectivity index (χ4v) is 4.46. The number of ether oxygens (including phenoxy) is 2. The third-order valence-corrected chi connectivity index (χ3v) is 6.08. The van der Waals surface area contributed by atoms with Crippen molar-refractivity contribution in [3.63, 3.8) is 0 Å². The Morgan fingerprint density at radius 3 is 2.48 bits per heavy atom. The smallest absolute Gasteiger partial charge is 0.161 e. The fourth-order valence-electron chi connectivity index (χ4n) is 3.47. The number of hydrogen-bond donors (Lipinski definition) is 0. The van der Waals surface area contributed by atoms with E-state index < -0.39 is 0 Å². The Morgan fingerprint density at radius 2 is 1.76 bits per heavy atom. The summed E-state index contributed by atoms with van der Waals surface area (Å²) in [7, 11) is 3.36. The van der Waals surface area contributed by atoms with Gasteiger partial charge in [0, 0.05) is 18.0 Å². The molecule has 1 aliphatic rings. The van der Waals surface area contributed by atoms with Crippen molar-refractivity contribution in [2.24, 2.45) is 0 Å². The Bertz CT molecular complexity index is 951. The summed E-state index contributed by atoms with van der Waals surface area (Å²) >= 11 is 1.74. The topological polar surface area (TPSA) is 47.5 Å². The van der Waals surface area contributed by atoms with E-state index in [4.69, 9.17) is 9.47 Å². The molecule has 0 N–H and O–H groups in total. The number of rotatable bonds is 3. The summed E-state index contributed by atoms with van der Waals surface area (Å²) in [6.07, 6.45) is 2.64. The van der Waals surface area contributed by atoms with Gasteiger partial charge in [-0.3, -0.25) is 0 Å². The average molecular weight is 355 g/mol. The number of nitrogens with zero attached hydrogens (tertiary/aromatic N) is 3. The van der Waals surface area contributed by atoms with E-state index in [1.807, 2.05) is 0 Å². The number of aromatic nitrogens is 2. The van der Waals surface area contributed by atoms with Crippen LogP contribution >= 0.6 is 11.3 Å². The highest BCUT2D eigenvalue weighted by molar-refractivity contribution is 7.18. The summed E-state index contributed by atoms with van der Waals surface area (Å²) in [5, 5.41) is 1.19. The van der Waals surface area contributed by atoms with Crippen molar-refractivity contribution in [1.29, 1.82) is 0 Å². The Balaban J connectivity index is 1.76. The Labute approximate surface area is 151 Å². The zero-order valence-corrected chi connectivity index (χ0v) is 15.7. The number of aryl methyl sites for hydroxylation is 2. The molecule has 0 saturated carbocycles. The lowest BCUT2D eigenvalue weighted by molar-refractivity contribution is 0.353. The van der Waals surface area contributed by atoms with E-state index >= 15 is 0 Å². The van der Waals surface area contributed by atoms with Crippen molar-refractivity contribution < 1.29 is 9.47 Å². The number of methoxy groups -OCH3 is 2. The standard InChI is InChI=1S/C19H21N3O2S/c1-11-12(2)25-19-17(11)18(20-10-21-19)22-6-5-13-7-15(23-3)16(24-4)8-14(13)9-22/h7-8,10H,5-6,9H2,1-4H3. The first kappa shape index (κ1) is 16.1. The van der Waals surface area contributed by atoms with Gasteiger partial charge in [-0.15, -0.1) is 11.3 Å². The molecule has 3 aromatic rings. The molecule has 0 bridgehead atoms. The van der Waals surface area contributed by atoms with Crippen LogP contribution in [0.15, 0.2) is 18.5 Å². The molecule has 6 heteroatoms. The highest BCUT2D eigenvalue weighted by atomic mass is 32.1. The Morgan fingerprint density at radius 1 is 1.04 bits per heavy atom. The normalized spacial score (nSPS) is 13.8. The number of thiophene rings is 1. The second-order valence-electron chi connectivity index (χ2n) is 6.31. The third kappa shape index (κ3) is 2.61. The maximum absolute atomic E-state index is 5.47. The molecular weight excluding hydrogens is 334 g/mol. The molecule has 0 atom stereocenters. The fraction of sp³-hybridized carbons (Fsp3) is 0.368. The number of anilines is 1. The predicted molar refractivity (Wildman–Crippen MR) is 101 cm³/mol. The highest BCUT2D eigenvalue weighted by Gasteiger charge is 2.23. The molecular formula is C19H21N3O2S. The summed E-state index contributed by atoms with van der Waals surface area (Å²) < 4.78 is 10.9. The van der Waals surface area contributed by atoms with Crippen LogP contribution in [0.2, 0.25) is 0 Å². The lowest BCUT2D eigenvalue weighted by Gasteiger charge is -2.31. The molecule has 2 aromatic heterocycles. The van der Waals surface area contributed by atoms with Crippen molar-refractivity contribution in [3.8, 4) is 11.5 Å². The van der Waals surface area contributed by atoms with Gasteiger partial charge in [-0.25, -0.2) is 9.97 Å². The van der Waals surface area contributed by atoms with Crippen LogP contribution in [0.1, 0.15) is 21.6 Å². The lowest BCUT2D eigenvalue weighted by atomic mass is 9.98. The van der Waals surface area contributed by atoms with Gasteiger partial charge in [-0.05, 0) is 49.1 Å². The molecule has 0 unspecified atom stereocenters. The highest BCUT2D eigenvalue weighted by Crippen LogP contribution is 2.38. The monoisotopic (exact) mass is 355 g/mol. The van der Waals surface area contributed by atoms with Gasteiger partial charge in [0.15, 0.2) is 11.5 Å². The molecule has 4 rings (SSSR count). The molecule has 0 saturated heterocycles. The van der Waals surface area contributed by atoms with Crippen molar-refractivity contribution in [2.45, 2.75) is 26.8 Å². The zero-order chi connectivity index (χ0) is 17.6. The van der Waals surface area contributed by atoms with E-state index in [0.29, 0.717) is 0 Å². The van der Waals surface area contributed by atoms with Gasteiger partial charge in [0.1, 0.15) is 17.0 Å². The Kier molecular flexibility index (Phi) is 4.00. The van der Waals surface area contributed by atoms with Crippen molar-refractivity contribution >= 4 is 27.4 Å². The van der Waals surface area contributed by atoms with E-state index in [9.17, 15) is 0 Å². The van der Waals surface area contributed by atoms with E-state index in [1.54, 1.807) is 31.9 Å². The average Bonchev–Trinajstić information content (AvgIpc) is 2.94.